The third-order valence-corrected chi connectivity index (χ3v) is 4.32. The number of benzene rings is 2. The van der Waals surface area contributed by atoms with Gasteiger partial charge in [-0.15, -0.1) is 0 Å². The average molecular weight is 358 g/mol. The van der Waals surface area contributed by atoms with Crippen molar-refractivity contribution in [3.63, 3.8) is 0 Å². The molecule has 0 aromatic heterocycles. The Bertz CT molecular complexity index is 847. The van der Waals surface area contributed by atoms with Crippen LogP contribution in [-0.4, -0.2) is 14.3 Å². The van der Waals surface area contributed by atoms with E-state index in [-0.39, 0.29) is 16.5 Å². The number of amides is 1. The number of sulfonamides is 1. The minimum absolute atomic E-state index is 0.168. The first kappa shape index (κ1) is 17.8. The van der Waals surface area contributed by atoms with Crippen LogP contribution in [0.5, 0.6) is 0 Å². The number of nitrogens with one attached hydrogen (secondary N) is 2. The monoisotopic (exact) mass is 358 g/mol. The molecule has 0 aliphatic heterocycles. The molecule has 2 aromatic carbocycles. The Morgan fingerprint density at radius 2 is 1.58 bits per heavy atom. The number of rotatable bonds is 4. The highest BCUT2D eigenvalue weighted by molar-refractivity contribution is 7.92. The van der Waals surface area contributed by atoms with E-state index in [1.807, 2.05) is 0 Å². The Balaban J connectivity index is 2.24. The van der Waals surface area contributed by atoms with Crippen LogP contribution >= 0.6 is 0 Å². The van der Waals surface area contributed by atoms with Gasteiger partial charge in [-0.05, 0) is 42.5 Å². The molecule has 1 amide bonds. The highest BCUT2D eigenvalue weighted by Crippen LogP contribution is 2.30. The van der Waals surface area contributed by atoms with Crippen LogP contribution in [0.4, 0.5) is 24.5 Å². The van der Waals surface area contributed by atoms with Crippen LogP contribution in [-0.2, 0) is 21.0 Å². The molecule has 0 saturated heterocycles. The predicted molar refractivity (Wildman–Crippen MR) is 83.0 cm³/mol. The van der Waals surface area contributed by atoms with Gasteiger partial charge >= 0.3 is 6.18 Å². The Morgan fingerprint density at radius 3 is 2.12 bits per heavy atom. The van der Waals surface area contributed by atoms with Crippen molar-refractivity contribution in [2.75, 3.05) is 10.0 Å². The van der Waals surface area contributed by atoms with E-state index >= 15 is 0 Å². The van der Waals surface area contributed by atoms with Crippen molar-refractivity contribution in [3.8, 4) is 0 Å². The SMILES string of the molecule is CC(=O)Nc1cccc(NS(=O)(=O)c2ccc(C(F)(F)F)cc2)c1. The molecule has 0 unspecified atom stereocenters. The summed E-state index contributed by atoms with van der Waals surface area (Å²) >= 11 is 0. The zero-order chi connectivity index (χ0) is 18.0. The average Bonchev–Trinajstić information content (AvgIpc) is 2.45. The van der Waals surface area contributed by atoms with Gasteiger partial charge in [-0.2, -0.15) is 13.2 Å². The second-order valence-corrected chi connectivity index (χ2v) is 6.57. The molecule has 2 aromatic rings. The summed E-state index contributed by atoms with van der Waals surface area (Å²) in [5.41, 5.74) is -0.384. The molecular weight excluding hydrogens is 345 g/mol. The number of carbonyl (C=O) groups excluding carboxylic acids is 1. The smallest absolute Gasteiger partial charge is 0.326 e. The summed E-state index contributed by atoms with van der Waals surface area (Å²) in [4.78, 5) is 10.7. The lowest BCUT2D eigenvalue weighted by molar-refractivity contribution is -0.137. The molecule has 5 nitrogen and oxygen atoms in total. The first-order valence-corrected chi connectivity index (χ1v) is 8.14. The molecule has 0 bridgehead atoms. The molecule has 0 radical (unpaired) electrons. The minimum atomic E-state index is -4.54. The van der Waals surface area contributed by atoms with Gasteiger partial charge in [0.2, 0.25) is 5.91 Å². The number of halogens is 3. The molecule has 24 heavy (non-hydrogen) atoms. The van der Waals surface area contributed by atoms with Crippen molar-refractivity contribution in [1.29, 1.82) is 0 Å². The largest absolute Gasteiger partial charge is 0.416 e. The van der Waals surface area contributed by atoms with Crippen LogP contribution in [0, 0.1) is 0 Å². The van der Waals surface area contributed by atoms with Crippen LogP contribution in [0.2, 0.25) is 0 Å². The van der Waals surface area contributed by atoms with Crippen molar-refractivity contribution in [1.82, 2.24) is 0 Å². The summed E-state index contributed by atoms with van der Waals surface area (Å²) < 4.78 is 64.2. The Labute approximate surface area is 136 Å². The van der Waals surface area contributed by atoms with Crippen LogP contribution in [0.3, 0.4) is 0 Å². The summed E-state index contributed by atoms with van der Waals surface area (Å²) in [6.07, 6.45) is -4.54. The van der Waals surface area contributed by atoms with Gasteiger partial charge in [-0.1, -0.05) is 6.07 Å². The Hall–Kier alpha value is -2.55. The predicted octanol–water partition coefficient (Wildman–Crippen LogP) is 3.46. The van der Waals surface area contributed by atoms with Gasteiger partial charge in [-0.3, -0.25) is 9.52 Å². The Kier molecular flexibility index (Phi) is 4.83. The lowest BCUT2D eigenvalue weighted by Crippen LogP contribution is -2.14. The fourth-order valence-electron chi connectivity index (χ4n) is 1.90. The van der Waals surface area contributed by atoms with E-state index in [1.54, 1.807) is 6.07 Å². The topological polar surface area (TPSA) is 75.3 Å². The molecule has 0 atom stereocenters. The molecule has 9 heteroatoms. The van der Waals surface area contributed by atoms with E-state index in [0.717, 1.165) is 12.1 Å². The summed E-state index contributed by atoms with van der Waals surface area (Å²) in [5, 5.41) is 2.50. The van der Waals surface area contributed by atoms with Crippen LogP contribution < -0.4 is 10.0 Å². The summed E-state index contributed by atoms with van der Waals surface area (Å²) in [5.74, 6) is -0.322. The zero-order valence-corrected chi connectivity index (χ0v) is 13.2. The van der Waals surface area contributed by atoms with Crippen molar-refractivity contribution in [2.45, 2.75) is 18.0 Å². The maximum atomic E-state index is 12.5. The highest BCUT2D eigenvalue weighted by Gasteiger charge is 2.30. The fraction of sp³-hybridized carbons (Fsp3) is 0.133. The van der Waals surface area contributed by atoms with Gasteiger partial charge in [0.05, 0.1) is 16.1 Å². The van der Waals surface area contributed by atoms with Crippen molar-refractivity contribution in [2.24, 2.45) is 0 Å². The lowest BCUT2D eigenvalue weighted by atomic mass is 10.2. The molecule has 128 valence electrons. The third-order valence-electron chi connectivity index (χ3n) is 2.93. The van der Waals surface area contributed by atoms with Gasteiger partial charge < -0.3 is 5.32 Å². The molecule has 0 aliphatic rings. The van der Waals surface area contributed by atoms with E-state index in [2.05, 4.69) is 10.0 Å². The van der Waals surface area contributed by atoms with Crippen molar-refractivity contribution in [3.05, 3.63) is 54.1 Å². The molecule has 2 N–H and O–H groups in total. The van der Waals surface area contributed by atoms with Crippen LogP contribution in [0.1, 0.15) is 12.5 Å². The number of carbonyl (C=O) groups is 1. The van der Waals surface area contributed by atoms with E-state index in [0.29, 0.717) is 17.8 Å². The molecule has 0 fully saturated rings. The van der Waals surface area contributed by atoms with Gasteiger partial charge in [0.1, 0.15) is 0 Å². The van der Waals surface area contributed by atoms with Gasteiger partial charge in [0, 0.05) is 12.6 Å². The standard InChI is InChI=1S/C15H13F3N2O3S/c1-10(21)19-12-3-2-4-13(9-12)20-24(22,23)14-7-5-11(6-8-14)15(16,17)18/h2-9,20H,1H3,(H,19,21). The minimum Gasteiger partial charge on any atom is -0.326 e. The maximum Gasteiger partial charge on any atom is 0.416 e. The zero-order valence-electron chi connectivity index (χ0n) is 12.4. The van der Waals surface area contributed by atoms with E-state index in [1.165, 1.54) is 25.1 Å². The molecule has 0 aliphatic carbocycles. The highest BCUT2D eigenvalue weighted by atomic mass is 32.2. The lowest BCUT2D eigenvalue weighted by Gasteiger charge is -2.11. The van der Waals surface area contributed by atoms with E-state index in [9.17, 15) is 26.4 Å². The number of anilines is 2. The van der Waals surface area contributed by atoms with Gasteiger partial charge in [0.25, 0.3) is 10.0 Å². The summed E-state index contributed by atoms with van der Waals surface area (Å²) in [6, 6.07) is 9.08. The third kappa shape index (κ3) is 4.48. The molecular formula is C15H13F3N2O3S. The summed E-state index contributed by atoms with van der Waals surface area (Å²) in [7, 11) is -4.05. The van der Waals surface area contributed by atoms with Gasteiger partial charge in [-0.25, -0.2) is 8.42 Å². The van der Waals surface area contributed by atoms with Crippen LogP contribution in [0.15, 0.2) is 53.4 Å². The molecule has 2 rings (SSSR count). The molecule has 0 saturated carbocycles. The molecule has 0 heterocycles. The normalized spacial score (nSPS) is 11.8. The quantitative estimate of drug-likeness (QED) is 0.879. The number of hydrogen-bond acceptors (Lipinski definition) is 3. The van der Waals surface area contributed by atoms with Crippen molar-refractivity contribution >= 4 is 27.3 Å². The first-order chi connectivity index (χ1) is 11.1. The fourth-order valence-corrected chi connectivity index (χ4v) is 2.95. The summed E-state index contributed by atoms with van der Waals surface area (Å²) in [6.45, 7) is 1.30. The number of alkyl halides is 3. The number of hydrogen-bond donors (Lipinski definition) is 2. The van der Waals surface area contributed by atoms with Crippen LogP contribution in [0.25, 0.3) is 0 Å². The van der Waals surface area contributed by atoms with E-state index < -0.39 is 21.8 Å². The second kappa shape index (κ2) is 6.52. The van der Waals surface area contributed by atoms with Crippen molar-refractivity contribution < 1.29 is 26.4 Å². The first-order valence-electron chi connectivity index (χ1n) is 6.66. The second-order valence-electron chi connectivity index (χ2n) is 4.89. The Morgan fingerprint density at radius 1 is 1.00 bits per heavy atom. The molecule has 0 spiro atoms. The van der Waals surface area contributed by atoms with Gasteiger partial charge in [0.15, 0.2) is 0 Å². The van der Waals surface area contributed by atoms with E-state index in [4.69, 9.17) is 0 Å². The maximum absolute atomic E-state index is 12.5.